The molecule has 0 aliphatic rings. The van der Waals surface area contributed by atoms with E-state index in [2.05, 4.69) is 43.4 Å². The third-order valence-electron chi connectivity index (χ3n) is 4.99. The molecule has 0 fully saturated rings. The van der Waals surface area contributed by atoms with Crippen LogP contribution in [0.5, 0.6) is 5.75 Å². The fourth-order valence-corrected chi connectivity index (χ4v) is 3.32. The summed E-state index contributed by atoms with van der Waals surface area (Å²) >= 11 is 5.96. The van der Waals surface area contributed by atoms with Crippen LogP contribution < -0.4 is 10.1 Å². The molecule has 3 nitrogen and oxygen atoms in total. The third kappa shape index (κ3) is 5.61. The summed E-state index contributed by atoms with van der Waals surface area (Å²) in [6, 6.07) is 23.1. The van der Waals surface area contributed by atoms with Gasteiger partial charge in [-0.25, -0.2) is 0 Å². The Morgan fingerprint density at radius 2 is 1.48 bits per heavy atom. The van der Waals surface area contributed by atoms with Crippen molar-refractivity contribution in [1.82, 2.24) is 0 Å². The minimum absolute atomic E-state index is 0.0700. The van der Waals surface area contributed by atoms with E-state index in [0.717, 1.165) is 17.0 Å². The summed E-state index contributed by atoms with van der Waals surface area (Å²) in [5.74, 6) is 1.33. The van der Waals surface area contributed by atoms with Crippen molar-refractivity contribution in [2.75, 3.05) is 12.4 Å². The summed E-state index contributed by atoms with van der Waals surface area (Å²) in [6.45, 7) is 4.35. The monoisotopic (exact) mass is 407 g/mol. The lowest BCUT2D eigenvalue weighted by molar-refractivity contribution is 0.0976. The van der Waals surface area contributed by atoms with Crippen molar-refractivity contribution in [3.8, 4) is 5.75 Å². The topological polar surface area (TPSA) is 38.3 Å². The smallest absolute Gasteiger partial charge is 0.165 e. The summed E-state index contributed by atoms with van der Waals surface area (Å²) < 4.78 is 5.23. The van der Waals surface area contributed by atoms with E-state index in [9.17, 15) is 4.79 Å². The van der Waals surface area contributed by atoms with Gasteiger partial charge in [0.25, 0.3) is 0 Å². The van der Waals surface area contributed by atoms with Gasteiger partial charge in [-0.1, -0.05) is 49.7 Å². The number of hydrogen-bond acceptors (Lipinski definition) is 3. The maximum Gasteiger partial charge on any atom is 0.165 e. The van der Waals surface area contributed by atoms with Gasteiger partial charge in [-0.05, 0) is 65.6 Å². The van der Waals surface area contributed by atoms with Crippen LogP contribution in [0.25, 0.3) is 0 Å². The van der Waals surface area contributed by atoms with E-state index < -0.39 is 0 Å². The van der Waals surface area contributed by atoms with Crippen LogP contribution in [0.3, 0.4) is 0 Å². The molecule has 0 radical (unpaired) electrons. The van der Waals surface area contributed by atoms with Crippen LogP contribution in [0, 0.1) is 0 Å². The number of ketones is 1. The fourth-order valence-electron chi connectivity index (χ4n) is 3.19. The number of ether oxygens (including phenoxy) is 1. The molecule has 3 rings (SSSR count). The average molecular weight is 408 g/mol. The molecule has 150 valence electrons. The molecule has 29 heavy (non-hydrogen) atoms. The van der Waals surface area contributed by atoms with E-state index in [1.54, 1.807) is 31.4 Å². The Balaban J connectivity index is 1.85. The summed E-state index contributed by atoms with van der Waals surface area (Å²) in [7, 11) is 1.65. The first-order chi connectivity index (χ1) is 14.0. The van der Waals surface area contributed by atoms with Crippen molar-refractivity contribution in [3.63, 3.8) is 0 Å². The molecule has 4 heteroatoms. The van der Waals surface area contributed by atoms with Crippen LogP contribution >= 0.6 is 11.6 Å². The summed E-state index contributed by atoms with van der Waals surface area (Å²) in [5, 5.41) is 4.13. The summed E-state index contributed by atoms with van der Waals surface area (Å²) in [5.41, 5.74) is 3.95. The number of nitrogens with one attached hydrogen (secondary N) is 1. The van der Waals surface area contributed by atoms with E-state index in [-0.39, 0.29) is 11.8 Å². The van der Waals surface area contributed by atoms with Crippen molar-refractivity contribution >= 4 is 23.1 Å². The van der Waals surface area contributed by atoms with Crippen LogP contribution in [0.1, 0.15) is 53.7 Å². The second-order valence-electron chi connectivity index (χ2n) is 7.38. The van der Waals surface area contributed by atoms with E-state index in [1.807, 2.05) is 24.3 Å². The Morgan fingerprint density at radius 3 is 2.03 bits per heavy atom. The summed E-state index contributed by atoms with van der Waals surface area (Å²) in [6.07, 6.45) is 0.342. The number of rotatable bonds is 8. The SMILES string of the molecule is COc1ccc(NC(CC(=O)c2ccc(Cl)cc2)c2ccc(C(C)C)cc2)cc1. The first-order valence-corrected chi connectivity index (χ1v) is 10.1. The largest absolute Gasteiger partial charge is 0.497 e. The van der Waals surface area contributed by atoms with Crippen molar-refractivity contribution in [1.29, 1.82) is 0 Å². The number of carbonyl (C=O) groups is 1. The molecule has 3 aromatic carbocycles. The Labute approximate surface area is 177 Å². The zero-order chi connectivity index (χ0) is 20.8. The highest BCUT2D eigenvalue weighted by Crippen LogP contribution is 2.27. The van der Waals surface area contributed by atoms with Crippen molar-refractivity contribution in [2.45, 2.75) is 32.2 Å². The van der Waals surface area contributed by atoms with E-state index in [1.165, 1.54) is 5.56 Å². The molecule has 0 aromatic heterocycles. The minimum atomic E-state index is -0.146. The van der Waals surface area contributed by atoms with Gasteiger partial charge in [0.15, 0.2) is 5.78 Å². The van der Waals surface area contributed by atoms with Crippen LogP contribution in [0.2, 0.25) is 5.02 Å². The molecule has 0 saturated carbocycles. The van der Waals surface area contributed by atoms with Crippen LogP contribution in [-0.4, -0.2) is 12.9 Å². The molecular weight excluding hydrogens is 382 g/mol. The molecule has 3 aromatic rings. The second kappa shape index (κ2) is 9.62. The minimum Gasteiger partial charge on any atom is -0.497 e. The van der Waals surface area contributed by atoms with Crippen LogP contribution in [0.15, 0.2) is 72.8 Å². The fraction of sp³-hybridized carbons (Fsp3) is 0.240. The Hall–Kier alpha value is -2.78. The summed E-state index contributed by atoms with van der Waals surface area (Å²) in [4.78, 5) is 12.9. The molecule has 0 heterocycles. The van der Waals surface area contributed by atoms with Gasteiger partial charge >= 0.3 is 0 Å². The molecule has 0 saturated heterocycles. The molecule has 1 N–H and O–H groups in total. The second-order valence-corrected chi connectivity index (χ2v) is 7.82. The maximum atomic E-state index is 12.9. The van der Waals surface area contributed by atoms with Gasteiger partial charge in [0.2, 0.25) is 0 Å². The standard InChI is InChI=1S/C25H26ClNO2/c1-17(2)18-4-6-19(7-5-18)24(27-22-12-14-23(29-3)15-13-22)16-25(28)20-8-10-21(26)11-9-20/h4-15,17,24,27H,16H2,1-3H3. The van der Waals surface area contributed by atoms with Crippen molar-refractivity contribution in [2.24, 2.45) is 0 Å². The van der Waals surface area contributed by atoms with Gasteiger partial charge in [-0.3, -0.25) is 4.79 Å². The van der Waals surface area contributed by atoms with Crippen molar-refractivity contribution < 1.29 is 9.53 Å². The van der Waals surface area contributed by atoms with Gasteiger partial charge in [0.1, 0.15) is 5.75 Å². The number of anilines is 1. The quantitative estimate of drug-likeness (QED) is 0.413. The predicted molar refractivity (Wildman–Crippen MR) is 120 cm³/mol. The molecule has 0 spiro atoms. The lowest BCUT2D eigenvalue weighted by Gasteiger charge is -2.21. The van der Waals surface area contributed by atoms with Crippen LogP contribution in [0.4, 0.5) is 5.69 Å². The number of methoxy groups -OCH3 is 1. The normalized spacial score (nSPS) is 11.9. The number of benzene rings is 3. The zero-order valence-electron chi connectivity index (χ0n) is 17.0. The maximum absolute atomic E-state index is 12.9. The first kappa shape index (κ1) is 20.9. The van der Waals surface area contributed by atoms with Gasteiger partial charge in [-0.2, -0.15) is 0 Å². The van der Waals surface area contributed by atoms with Gasteiger partial charge in [0.05, 0.1) is 13.2 Å². The molecule has 0 amide bonds. The molecule has 1 atom stereocenters. The number of hydrogen-bond donors (Lipinski definition) is 1. The number of halogens is 1. The number of carbonyl (C=O) groups excluding carboxylic acids is 1. The lowest BCUT2D eigenvalue weighted by Crippen LogP contribution is -2.16. The van der Waals surface area contributed by atoms with E-state index in [4.69, 9.17) is 16.3 Å². The Bertz CT molecular complexity index is 932. The molecule has 0 aliphatic carbocycles. The van der Waals surface area contributed by atoms with Crippen molar-refractivity contribution in [3.05, 3.63) is 94.5 Å². The highest BCUT2D eigenvalue weighted by Gasteiger charge is 2.18. The molecule has 1 unspecified atom stereocenters. The third-order valence-corrected chi connectivity index (χ3v) is 5.24. The van der Waals surface area contributed by atoms with Gasteiger partial charge in [0, 0.05) is 22.7 Å². The van der Waals surface area contributed by atoms with E-state index in [0.29, 0.717) is 22.9 Å². The predicted octanol–water partition coefficient (Wildman–Crippen LogP) is 6.90. The Morgan fingerprint density at radius 1 is 0.897 bits per heavy atom. The van der Waals surface area contributed by atoms with Gasteiger partial charge < -0.3 is 10.1 Å². The average Bonchev–Trinajstić information content (AvgIpc) is 2.74. The molecular formula is C25H26ClNO2. The zero-order valence-corrected chi connectivity index (χ0v) is 17.7. The Kier molecular flexibility index (Phi) is 6.95. The lowest BCUT2D eigenvalue weighted by atomic mass is 9.95. The molecule has 0 aliphatic heterocycles. The van der Waals surface area contributed by atoms with Crippen LogP contribution in [-0.2, 0) is 0 Å². The van der Waals surface area contributed by atoms with E-state index >= 15 is 0 Å². The van der Waals surface area contributed by atoms with Gasteiger partial charge in [-0.15, -0.1) is 0 Å². The molecule has 0 bridgehead atoms. The number of Topliss-reactive ketones (excluding diaryl/α,β-unsaturated/α-hetero) is 1. The highest BCUT2D eigenvalue weighted by molar-refractivity contribution is 6.30. The first-order valence-electron chi connectivity index (χ1n) is 9.75. The highest BCUT2D eigenvalue weighted by atomic mass is 35.5.